The molecule has 0 spiro atoms. The van der Waals surface area contributed by atoms with E-state index in [0.717, 1.165) is 20.5 Å². The lowest BCUT2D eigenvalue weighted by Crippen LogP contribution is -2.05. The highest BCUT2D eigenvalue weighted by Gasteiger charge is 2.20. The van der Waals surface area contributed by atoms with Gasteiger partial charge in [-0.15, -0.1) is 11.3 Å². The monoisotopic (exact) mass is 296 g/mol. The number of thiophene rings is 1. The number of hydrogen-bond acceptors (Lipinski definition) is 3. The van der Waals surface area contributed by atoms with Crippen molar-refractivity contribution in [1.82, 2.24) is 0 Å². The van der Waals surface area contributed by atoms with Crippen LogP contribution < -0.4 is 0 Å². The van der Waals surface area contributed by atoms with Crippen LogP contribution in [0.4, 0.5) is 0 Å². The van der Waals surface area contributed by atoms with Crippen molar-refractivity contribution < 1.29 is 9.53 Å². The van der Waals surface area contributed by atoms with E-state index in [0.29, 0.717) is 12.2 Å². The molecule has 21 heavy (non-hydrogen) atoms. The van der Waals surface area contributed by atoms with Gasteiger partial charge in [-0.05, 0) is 25.5 Å². The van der Waals surface area contributed by atoms with Gasteiger partial charge in [-0.2, -0.15) is 0 Å². The van der Waals surface area contributed by atoms with Gasteiger partial charge < -0.3 is 4.74 Å². The van der Waals surface area contributed by atoms with Crippen LogP contribution in [0.25, 0.3) is 20.5 Å². The molecular weight excluding hydrogens is 280 g/mol. The lowest BCUT2D eigenvalue weighted by molar-refractivity contribution is 0.0530. The van der Waals surface area contributed by atoms with Crippen LogP contribution >= 0.6 is 11.3 Å². The second-order valence-corrected chi connectivity index (χ2v) is 5.94. The minimum atomic E-state index is -0.245. The summed E-state index contributed by atoms with van der Waals surface area (Å²) in [7, 11) is 0. The minimum absolute atomic E-state index is 0.245. The third-order valence-corrected chi connectivity index (χ3v) is 4.61. The van der Waals surface area contributed by atoms with Crippen LogP contribution in [0.5, 0.6) is 0 Å². The topological polar surface area (TPSA) is 26.3 Å². The highest BCUT2D eigenvalue weighted by Crippen LogP contribution is 2.39. The molecule has 0 amide bonds. The van der Waals surface area contributed by atoms with Gasteiger partial charge in [0.15, 0.2) is 0 Å². The maximum absolute atomic E-state index is 12.4. The summed E-state index contributed by atoms with van der Waals surface area (Å²) in [5, 5.41) is 0.969. The van der Waals surface area contributed by atoms with Gasteiger partial charge in [0.25, 0.3) is 0 Å². The fourth-order valence-corrected chi connectivity index (χ4v) is 3.56. The third kappa shape index (κ3) is 2.57. The van der Waals surface area contributed by atoms with E-state index in [9.17, 15) is 4.79 Å². The Balaban J connectivity index is 2.23. The average molecular weight is 296 g/mol. The summed E-state index contributed by atoms with van der Waals surface area (Å²) in [6, 6.07) is 16.2. The number of fused-ring (bicyclic) bond motifs is 1. The van der Waals surface area contributed by atoms with Crippen molar-refractivity contribution in [2.24, 2.45) is 0 Å². The zero-order valence-corrected chi connectivity index (χ0v) is 12.9. The molecule has 3 rings (SSSR count). The van der Waals surface area contributed by atoms with Crippen LogP contribution in [0.2, 0.25) is 0 Å². The van der Waals surface area contributed by atoms with Crippen LogP contribution in [-0.2, 0) is 4.74 Å². The van der Waals surface area contributed by atoms with Crippen LogP contribution in [0, 0.1) is 6.92 Å². The van der Waals surface area contributed by atoms with Gasteiger partial charge in [-0.1, -0.05) is 48.0 Å². The van der Waals surface area contributed by atoms with E-state index >= 15 is 0 Å². The Labute approximate surface area is 128 Å². The van der Waals surface area contributed by atoms with Crippen LogP contribution in [0.3, 0.4) is 0 Å². The lowest BCUT2D eigenvalue weighted by atomic mass is 10.0. The summed E-state index contributed by atoms with van der Waals surface area (Å²) in [5.74, 6) is -0.245. The van der Waals surface area contributed by atoms with Gasteiger partial charge in [0.05, 0.1) is 17.0 Å². The van der Waals surface area contributed by atoms with Gasteiger partial charge >= 0.3 is 5.97 Å². The molecule has 0 saturated carbocycles. The molecule has 3 aromatic rings. The molecule has 0 saturated heterocycles. The van der Waals surface area contributed by atoms with Crippen molar-refractivity contribution in [3.05, 3.63) is 59.7 Å². The van der Waals surface area contributed by atoms with E-state index in [1.165, 1.54) is 5.56 Å². The van der Waals surface area contributed by atoms with Gasteiger partial charge in [-0.3, -0.25) is 0 Å². The van der Waals surface area contributed by atoms with E-state index in [4.69, 9.17) is 4.74 Å². The number of benzene rings is 2. The molecule has 1 aromatic heterocycles. The SMILES string of the molecule is CCOC(=O)c1c(-c2ccc(C)cc2)sc2ccccc12. The molecule has 2 nitrogen and oxygen atoms in total. The molecule has 0 atom stereocenters. The molecule has 0 aliphatic heterocycles. The van der Waals surface area contributed by atoms with Crippen molar-refractivity contribution in [3.63, 3.8) is 0 Å². The Hall–Kier alpha value is -2.13. The fraction of sp³-hybridized carbons (Fsp3) is 0.167. The van der Waals surface area contributed by atoms with E-state index in [2.05, 4.69) is 31.2 Å². The summed E-state index contributed by atoms with van der Waals surface area (Å²) in [6.45, 7) is 4.27. The first-order chi connectivity index (χ1) is 10.2. The summed E-state index contributed by atoms with van der Waals surface area (Å²) in [4.78, 5) is 13.3. The first kappa shape index (κ1) is 13.8. The summed E-state index contributed by atoms with van der Waals surface area (Å²) < 4.78 is 6.36. The maximum atomic E-state index is 12.4. The smallest absolute Gasteiger partial charge is 0.340 e. The molecule has 106 valence electrons. The second-order valence-electron chi connectivity index (χ2n) is 4.89. The predicted octanol–water partition coefficient (Wildman–Crippen LogP) is 5.05. The molecule has 0 aliphatic rings. The molecule has 3 heteroatoms. The van der Waals surface area contributed by atoms with Gasteiger partial charge in [0.2, 0.25) is 0 Å². The molecule has 1 heterocycles. The largest absolute Gasteiger partial charge is 0.462 e. The number of carbonyl (C=O) groups excluding carboxylic acids is 1. The lowest BCUT2D eigenvalue weighted by Gasteiger charge is -2.05. The zero-order valence-electron chi connectivity index (χ0n) is 12.1. The Kier molecular flexibility index (Phi) is 3.76. The first-order valence-electron chi connectivity index (χ1n) is 6.96. The average Bonchev–Trinajstić information content (AvgIpc) is 2.87. The Morgan fingerprint density at radius 2 is 1.81 bits per heavy atom. The quantitative estimate of drug-likeness (QED) is 0.632. The zero-order chi connectivity index (χ0) is 14.8. The molecule has 0 unspecified atom stereocenters. The predicted molar refractivity (Wildman–Crippen MR) is 88.0 cm³/mol. The second kappa shape index (κ2) is 5.70. The third-order valence-electron chi connectivity index (χ3n) is 3.39. The van der Waals surface area contributed by atoms with E-state index in [1.54, 1.807) is 11.3 Å². The molecule has 0 fully saturated rings. The van der Waals surface area contributed by atoms with Gasteiger partial charge in [-0.25, -0.2) is 4.79 Å². The Morgan fingerprint density at radius 1 is 1.10 bits per heavy atom. The van der Waals surface area contributed by atoms with Crippen LogP contribution in [-0.4, -0.2) is 12.6 Å². The molecule has 0 aliphatic carbocycles. The fourth-order valence-electron chi connectivity index (χ4n) is 2.36. The summed E-state index contributed by atoms with van der Waals surface area (Å²) in [5.41, 5.74) is 2.95. The number of hydrogen-bond donors (Lipinski definition) is 0. The number of rotatable bonds is 3. The standard InChI is InChI=1S/C18H16O2S/c1-3-20-18(19)16-14-6-4-5-7-15(14)21-17(16)13-10-8-12(2)9-11-13/h4-11H,3H2,1-2H3. The minimum Gasteiger partial charge on any atom is -0.462 e. The Morgan fingerprint density at radius 3 is 2.52 bits per heavy atom. The van der Waals surface area contributed by atoms with Crippen molar-refractivity contribution in [1.29, 1.82) is 0 Å². The van der Waals surface area contributed by atoms with Crippen LogP contribution in [0.15, 0.2) is 48.5 Å². The normalized spacial score (nSPS) is 10.8. The van der Waals surface area contributed by atoms with Crippen molar-refractivity contribution in [2.75, 3.05) is 6.61 Å². The van der Waals surface area contributed by atoms with E-state index in [-0.39, 0.29) is 5.97 Å². The number of ether oxygens (including phenoxy) is 1. The Bertz CT molecular complexity index is 785. The van der Waals surface area contributed by atoms with E-state index < -0.39 is 0 Å². The molecule has 0 N–H and O–H groups in total. The highest BCUT2D eigenvalue weighted by molar-refractivity contribution is 7.22. The number of esters is 1. The van der Waals surface area contributed by atoms with E-state index in [1.807, 2.05) is 31.2 Å². The van der Waals surface area contributed by atoms with Gasteiger partial charge in [0, 0.05) is 10.1 Å². The molecular formula is C18H16O2S. The van der Waals surface area contributed by atoms with Crippen molar-refractivity contribution in [3.8, 4) is 10.4 Å². The van der Waals surface area contributed by atoms with Gasteiger partial charge in [0.1, 0.15) is 0 Å². The molecule has 0 bridgehead atoms. The highest BCUT2D eigenvalue weighted by atomic mass is 32.1. The molecule has 0 radical (unpaired) electrons. The molecule has 2 aromatic carbocycles. The number of aryl methyl sites for hydroxylation is 1. The first-order valence-corrected chi connectivity index (χ1v) is 7.78. The number of carbonyl (C=O) groups is 1. The summed E-state index contributed by atoms with van der Waals surface area (Å²) >= 11 is 1.64. The van der Waals surface area contributed by atoms with Crippen LogP contribution in [0.1, 0.15) is 22.8 Å². The van der Waals surface area contributed by atoms with Crippen molar-refractivity contribution in [2.45, 2.75) is 13.8 Å². The maximum Gasteiger partial charge on any atom is 0.340 e. The van der Waals surface area contributed by atoms with Crippen molar-refractivity contribution >= 4 is 27.4 Å². The summed E-state index contributed by atoms with van der Waals surface area (Å²) in [6.07, 6.45) is 0.